The highest BCUT2D eigenvalue weighted by Crippen LogP contribution is 2.17. The van der Waals surface area contributed by atoms with Crippen LogP contribution in [0.5, 0.6) is 11.5 Å². The number of benzene rings is 1. The van der Waals surface area contributed by atoms with E-state index in [2.05, 4.69) is 17.6 Å². The number of nitrogens with one attached hydrogen (secondary N) is 2. The molecule has 1 amide bonds. The second kappa shape index (κ2) is 12.3. The third kappa shape index (κ3) is 9.15. The van der Waals surface area contributed by atoms with Crippen molar-refractivity contribution in [1.82, 2.24) is 10.6 Å². The summed E-state index contributed by atoms with van der Waals surface area (Å²) in [4.78, 5) is 11.5. The van der Waals surface area contributed by atoms with Crippen LogP contribution in [0.2, 0.25) is 0 Å². The van der Waals surface area contributed by atoms with E-state index in [4.69, 9.17) is 9.47 Å². The van der Waals surface area contributed by atoms with Crippen LogP contribution in [0.25, 0.3) is 0 Å². The summed E-state index contributed by atoms with van der Waals surface area (Å²) in [5, 5.41) is 5.91. The van der Waals surface area contributed by atoms with E-state index >= 15 is 0 Å². The number of carbonyl (C=O) groups is 1. The van der Waals surface area contributed by atoms with E-state index in [-0.39, 0.29) is 24.9 Å². The lowest BCUT2D eigenvalue weighted by molar-refractivity contribution is -0.123. The standard InChI is InChI=1S/C15H24N2O3.ClH/c1-3-11-19-13-5-7-14(8-6-13)20-12-15(18)17-10-9-16-4-2;/h5-8,16H,3-4,9-12H2,1-2H3,(H,17,18);1H. The average molecular weight is 317 g/mol. The summed E-state index contributed by atoms with van der Waals surface area (Å²) in [7, 11) is 0. The lowest BCUT2D eigenvalue weighted by Gasteiger charge is -2.09. The molecule has 120 valence electrons. The normalized spacial score (nSPS) is 9.62. The summed E-state index contributed by atoms with van der Waals surface area (Å²) in [6.07, 6.45) is 0.977. The molecule has 21 heavy (non-hydrogen) atoms. The number of halogens is 1. The van der Waals surface area contributed by atoms with Gasteiger partial charge in [-0.3, -0.25) is 4.79 Å². The maximum Gasteiger partial charge on any atom is 0.257 e. The minimum Gasteiger partial charge on any atom is -0.494 e. The van der Waals surface area contributed by atoms with Gasteiger partial charge in [-0.25, -0.2) is 0 Å². The molecular weight excluding hydrogens is 292 g/mol. The van der Waals surface area contributed by atoms with E-state index in [1.807, 2.05) is 19.1 Å². The molecule has 1 rings (SSSR count). The number of ether oxygens (including phenoxy) is 2. The van der Waals surface area contributed by atoms with Crippen molar-refractivity contribution in [3.05, 3.63) is 24.3 Å². The summed E-state index contributed by atoms with van der Waals surface area (Å²) in [6.45, 7) is 7.10. The van der Waals surface area contributed by atoms with Gasteiger partial charge in [0.1, 0.15) is 11.5 Å². The molecule has 0 spiro atoms. The van der Waals surface area contributed by atoms with Gasteiger partial charge in [-0.1, -0.05) is 13.8 Å². The van der Waals surface area contributed by atoms with Crippen molar-refractivity contribution in [3.8, 4) is 11.5 Å². The number of likely N-dealkylation sites (N-methyl/N-ethyl adjacent to an activating group) is 1. The second-order valence-electron chi connectivity index (χ2n) is 4.31. The fraction of sp³-hybridized carbons (Fsp3) is 0.533. The Morgan fingerprint density at radius 2 is 1.67 bits per heavy atom. The molecule has 0 bridgehead atoms. The zero-order chi connectivity index (χ0) is 14.6. The molecule has 0 aliphatic carbocycles. The number of amides is 1. The van der Waals surface area contributed by atoms with Crippen molar-refractivity contribution in [2.75, 3.05) is 32.8 Å². The topological polar surface area (TPSA) is 59.6 Å². The van der Waals surface area contributed by atoms with Crippen molar-refractivity contribution in [1.29, 1.82) is 0 Å². The lowest BCUT2D eigenvalue weighted by Crippen LogP contribution is -2.34. The lowest BCUT2D eigenvalue weighted by atomic mass is 10.3. The molecule has 5 nitrogen and oxygen atoms in total. The van der Waals surface area contributed by atoms with Crippen LogP contribution in [0.1, 0.15) is 20.3 Å². The third-order valence-electron chi connectivity index (χ3n) is 2.54. The number of hydrogen-bond donors (Lipinski definition) is 2. The SMILES string of the molecule is CCCOc1ccc(OCC(=O)NCCNCC)cc1.Cl. The summed E-state index contributed by atoms with van der Waals surface area (Å²) in [5.41, 5.74) is 0. The van der Waals surface area contributed by atoms with Crippen molar-refractivity contribution in [3.63, 3.8) is 0 Å². The molecule has 1 aromatic carbocycles. The van der Waals surface area contributed by atoms with Crippen LogP contribution in [0.4, 0.5) is 0 Å². The zero-order valence-corrected chi connectivity index (χ0v) is 13.5. The maximum atomic E-state index is 11.5. The van der Waals surface area contributed by atoms with Crippen molar-refractivity contribution < 1.29 is 14.3 Å². The Balaban J connectivity index is 0.00000400. The summed E-state index contributed by atoms with van der Waals surface area (Å²) >= 11 is 0. The van der Waals surface area contributed by atoms with Crippen molar-refractivity contribution in [2.24, 2.45) is 0 Å². The Labute approximate surface area is 132 Å². The van der Waals surface area contributed by atoms with E-state index in [0.29, 0.717) is 18.9 Å². The minimum absolute atomic E-state index is 0. The first-order chi connectivity index (χ1) is 9.76. The second-order valence-corrected chi connectivity index (χ2v) is 4.31. The number of carbonyl (C=O) groups excluding carboxylic acids is 1. The van der Waals surface area contributed by atoms with Gasteiger partial charge >= 0.3 is 0 Å². The van der Waals surface area contributed by atoms with Gasteiger partial charge in [0.25, 0.3) is 5.91 Å². The average Bonchev–Trinajstić information content (AvgIpc) is 2.48. The first kappa shape index (κ1) is 19.5. The Kier molecular flexibility index (Phi) is 11.4. The highest BCUT2D eigenvalue weighted by Gasteiger charge is 2.02. The van der Waals surface area contributed by atoms with Crippen LogP contribution in [-0.2, 0) is 4.79 Å². The molecule has 0 aliphatic rings. The predicted octanol–water partition coefficient (Wildman–Crippen LogP) is 2.00. The first-order valence-electron chi connectivity index (χ1n) is 7.09. The van der Waals surface area contributed by atoms with Gasteiger partial charge in [-0.05, 0) is 37.2 Å². The van der Waals surface area contributed by atoms with Crippen molar-refractivity contribution in [2.45, 2.75) is 20.3 Å². The molecule has 2 N–H and O–H groups in total. The van der Waals surface area contributed by atoms with Gasteiger partial charge in [0.05, 0.1) is 6.61 Å². The van der Waals surface area contributed by atoms with E-state index in [0.717, 1.165) is 25.3 Å². The highest BCUT2D eigenvalue weighted by atomic mass is 35.5. The zero-order valence-electron chi connectivity index (χ0n) is 12.7. The summed E-state index contributed by atoms with van der Waals surface area (Å²) in [6, 6.07) is 7.29. The molecule has 0 saturated carbocycles. The molecule has 0 radical (unpaired) electrons. The smallest absolute Gasteiger partial charge is 0.257 e. The molecule has 0 aromatic heterocycles. The molecule has 0 saturated heterocycles. The maximum absolute atomic E-state index is 11.5. The van der Waals surface area contributed by atoms with Crippen molar-refractivity contribution >= 4 is 18.3 Å². The molecule has 0 heterocycles. The van der Waals surface area contributed by atoms with Gasteiger partial charge < -0.3 is 20.1 Å². The van der Waals surface area contributed by atoms with Gasteiger partial charge in [0, 0.05) is 13.1 Å². The molecule has 0 unspecified atom stereocenters. The fourth-order valence-electron chi connectivity index (χ4n) is 1.52. The van der Waals surface area contributed by atoms with Crippen LogP contribution in [0.3, 0.4) is 0 Å². The van der Waals surface area contributed by atoms with E-state index in [1.54, 1.807) is 12.1 Å². The van der Waals surface area contributed by atoms with E-state index in [9.17, 15) is 4.79 Å². The Bertz CT molecular complexity index is 385. The molecule has 0 atom stereocenters. The van der Waals surface area contributed by atoms with Crippen LogP contribution in [0, 0.1) is 0 Å². The Hall–Kier alpha value is -1.46. The minimum atomic E-state index is -0.116. The molecular formula is C15H25ClN2O3. The van der Waals surface area contributed by atoms with Gasteiger partial charge in [0.2, 0.25) is 0 Å². The Morgan fingerprint density at radius 1 is 1.05 bits per heavy atom. The van der Waals surface area contributed by atoms with E-state index in [1.165, 1.54) is 0 Å². The summed E-state index contributed by atoms with van der Waals surface area (Å²) < 4.78 is 10.9. The van der Waals surface area contributed by atoms with Crippen LogP contribution in [0.15, 0.2) is 24.3 Å². The molecule has 0 fully saturated rings. The van der Waals surface area contributed by atoms with Crippen LogP contribution < -0.4 is 20.1 Å². The van der Waals surface area contributed by atoms with Crippen LogP contribution >= 0.6 is 12.4 Å². The third-order valence-corrected chi connectivity index (χ3v) is 2.54. The monoisotopic (exact) mass is 316 g/mol. The Morgan fingerprint density at radius 3 is 2.24 bits per heavy atom. The largest absolute Gasteiger partial charge is 0.494 e. The van der Waals surface area contributed by atoms with Gasteiger partial charge in [-0.15, -0.1) is 12.4 Å². The molecule has 1 aromatic rings. The van der Waals surface area contributed by atoms with Gasteiger partial charge in [0.15, 0.2) is 6.61 Å². The summed E-state index contributed by atoms with van der Waals surface area (Å²) in [5.74, 6) is 1.36. The number of hydrogen-bond acceptors (Lipinski definition) is 4. The predicted molar refractivity (Wildman–Crippen MR) is 86.5 cm³/mol. The molecule has 0 aliphatic heterocycles. The molecule has 6 heteroatoms. The highest BCUT2D eigenvalue weighted by molar-refractivity contribution is 5.85. The van der Waals surface area contributed by atoms with Crippen LogP contribution in [-0.4, -0.2) is 38.8 Å². The number of rotatable bonds is 10. The fourth-order valence-corrected chi connectivity index (χ4v) is 1.52. The van der Waals surface area contributed by atoms with E-state index < -0.39 is 0 Å². The first-order valence-corrected chi connectivity index (χ1v) is 7.09. The quantitative estimate of drug-likeness (QED) is 0.648. The van der Waals surface area contributed by atoms with Gasteiger partial charge in [-0.2, -0.15) is 0 Å².